The third kappa shape index (κ3) is 2.75. The monoisotopic (exact) mass is 330 g/mol. The number of aldehydes is 1. The van der Waals surface area contributed by atoms with Gasteiger partial charge < -0.3 is 4.74 Å². The van der Waals surface area contributed by atoms with Crippen LogP contribution in [0.3, 0.4) is 0 Å². The molecular formula is C13H15IO2. The molecule has 0 saturated heterocycles. The van der Waals surface area contributed by atoms with Crippen LogP contribution in [-0.2, 0) is 0 Å². The van der Waals surface area contributed by atoms with Crippen molar-refractivity contribution in [3.05, 3.63) is 27.3 Å². The first kappa shape index (κ1) is 11.9. The van der Waals surface area contributed by atoms with Crippen molar-refractivity contribution in [1.29, 1.82) is 0 Å². The molecule has 16 heavy (non-hydrogen) atoms. The van der Waals surface area contributed by atoms with Crippen LogP contribution in [0.4, 0.5) is 0 Å². The van der Waals surface area contributed by atoms with Gasteiger partial charge in [0.05, 0.1) is 9.67 Å². The van der Waals surface area contributed by atoms with Crippen LogP contribution < -0.4 is 4.74 Å². The van der Waals surface area contributed by atoms with Crippen LogP contribution in [0, 0.1) is 3.57 Å². The van der Waals surface area contributed by atoms with Gasteiger partial charge in [-0.1, -0.05) is 18.6 Å². The van der Waals surface area contributed by atoms with Gasteiger partial charge in [0.15, 0.2) is 6.29 Å². The van der Waals surface area contributed by atoms with Crippen molar-refractivity contribution in [3.63, 3.8) is 0 Å². The normalized spacial score (nSPS) is 17.1. The minimum atomic E-state index is 0.337. The number of carbonyl (C=O) groups excluding carboxylic acids is 1. The topological polar surface area (TPSA) is 26.3 Å². The number of rotatable bonds is 3. The van der Waals surface area contributed by atoms with E-state index in [1.165, 1.54) is 19.3 Å². The van der Waals surface area contributed by atoms with E-state index < -0.39 is 0 Å². The average Bonchev–Trinajstić information content (AvgIpc) is 2.33. The number of carbonyl (C=O) groups is 1. The van der Waals surface area contributed by atoms with E-state index in [9.17, 15) is 4.79 Å². The standard InChI is InChI=1S/C13H15IO2/c14-13-10(9-15)5-4-8-12(13)16-11-6-2-1-3-7-11/h4-5,8-9,11H,1-3,6-7H2. The second kappa shape index (κ2) is 5.66. The Bertz CT molecular complexity index is 370. The zero-order chi connectivity index (χ0) is 11.4. The van der Waals surface area contributed by atoms with Crippen molar-refractivity contribution in [2.45, 2.75) is 38.2 Å². The van der Waals surface area contributed by atoms with Crippen molar-refractivity contribution in [3.8, 4) is 5.75 Å². The van der Waals surface area contributed by atoms with Gasteiger partial charge >= 0.3 is 0 Å². The SMILES string of the molecule is O=Cc1cccc(OC2CCCCC2)c1I. The van der Waals surface area contributed by atoms with E-state index in [4.69, 9.17) is 4.74 Å². The first-order valence-electron chi connectivity index (χ1n) is 5.71. The summed E-state index contributed by atoms with van der Waals surface area (Å²) in [5.41, 5.74) is 0.717. The molecule has 3 heteroatoms. The highest BCUT2D eigenvalue weighted by molar-refractivity contribution is 14.1. The van der Waals surface area contributed by atoms with Crippen LogP contribution in [0.5, 0.6) is 5.75 Å². The summed E-state index contributed by atoms with van der Waals surface area (Å²) in [6, 6.07) is 5.65. The summed E-state index contributed by atoms with van der Waals surface area (Å²) in [7, 11) is 0. The van der Waals surface area contributed by atoms with Crippen molar-refractivity contribution in [1.82, 2.24) is 0 Å². The Hall–Kier alpha value is -0.580. The molecule has 1 saturated carbocycles. The Labute approximate surface area is 110 Å². The molecule has 0 spiro atoms. The Morgan fingerprint density at radius 3 is 2.69 bits per heavy atom. The fourth-order valence-corrected chi connectivity index (χ4v) is 2.69. The van der Waals surface area contributed by atoms with Crippen LogP contribution in [-0.4, -0.2) is 12.4 Å². The number of benzene rings is 1. The number of hydrogen-bond acceptors (Lipinski definition) is 2. The zero-order valence-electron chi connectivity index (χ0n) is 9.12. The summed E-state index contributed by atoms with van der Waals surface area (Å²) in [6.07, 6.45) is 7.34. The Kier molecular flexibility index (Phi) is 4.21. The first-order chi connectivity index (χ1) is 7.81. The summed E-state index contributed by atoms with van der Waals surface area (Å²) in [5, 5.41) is 0. The first-order valence-corrected chi connectivity index (χ1v) is 6.79. The lowest BCUT2D eigenvalue weighted by atomic mass is 9.98. The Morgan fingerprint density at radius 1 is 1.25 bits per heavy atom. The van der Waals surface area contributed by atoms with Gasteiger partial charge in [0.2, 0.25) is 0 Å². The molecule has 86 valence electrons. The van der Waals surface area contributed by atoms with Crippen LogP contribution in [0.15, 0.2) is 18.2 Å². The van der Waals surface area contributed by atoms with E-state index in [-0.39, 0.29) is 0 Å². The summed E-state index contributed by atoms with van der Waals surface area (Å²) in [4.78, 5) is 10.8. The summed E-state index contributed by atoms with van der Waals surface area (Å²) in [6.45, 7) is 0. The van der Waals surface area contributed by atoms with E-state index in [0.29, 0.717) is 11.7 Å². The molecule has 0 bridgehead atoms. The van der Waals surface area contributed by atoms with Gasteiger partial charge in [-0.05, 0) is 54.3 Å². The van der Waals surface area contributed by atoms with E-state index in [0.717, 1.165) is 28.4 Å². The molecule has 1 aliphatic carbocycles. The van der Waals surface area contributed by atoms with Gasteiger partial charge in [0.25, 0.3) is 0 Å². The van der Waals surface area contributed by atoms with Crippen LogP contribution in [0.1, 0.15) is 42.5 Å². The van der Waals surface area contributed by atoms with Crippen molar-refractivity contribution in [2.24, 2.45) is 0 Å². The van der Waals surface area contributed by atoms with Gasteiger partial charge in [0.1, 0.15) is 5.75 Å². The predicted octanol–water partition coefficient (Wildman–Crippen LogP) is 3.82. The van der Waals surface area contributed by atoms with E-state index in [1.807, 2.05) is 18.2 Å². The minimum Gasteiger partial charge on any atom is -0.489 e. The van der Waals surface area contributed by atoms with Crippen LogP contribution in [0.2, 0.25) is 0 Å². The summed E-state index contributed by atoms with van der Waals surface area (Å²) < 4.78 is 6.89. The van der Waals surface area contributed by atoms with Crippen molar-refractivity contribution >= 4 is 28.9 Å². The molecule has 0 amide bonds. The maximum absolute atomic E-state index is 10.8. The fraction of sp³-hybridized carbons (Fsp3) is 0.462. The lowest BCUT2D eigenvalue weighted by molar-refractivity contribution is 0.112. The molecule has 0 radical (unpaired) electrons. The quantitative estimate of drug-likeness (QED) is 0.622. The highest BCUT2D eigenvalue weighted by atomic mass is 127. The van der Waals surface area contributed by atoms with E-state index in [2.05, 4.69) is 22.6 Å². The molecule has 0 atom stereocenters. The van der Waals surface area contributed by atoms with Gasteiger partial charge in [-0.25, -0.2) is 0 Å². The minimum absolute atomic E-state index is 0.337. The number of halogens is 1. The summed E-state index contributed by atoms with van der Waals surface area (Å²) in [5.74, 6) is 0.858. The molecule has 1 aliphatic rings. The van der Waals surface area contributed by atoms with Gasteiger partial charge in [-0.15, -0.1) is 0 Å². The number of hydrogen-bond donors (Lipinski definition) is 0. The Morgan fingerprint density at radius 2 is 2.00 bits per heavy atom. The lowest BCUT2D eigenvalue weighted by Crippen LogP contribution is -2.20. The molecule has 2 nitrogen and oxygen atoms in total. The predicted molar refractivity (Wildman–Crippen MR) is 72.0 cm³/mol. The number of ether oxygens (including phenoxy) is 1. The van der Waals surface area contributed by atoms with Crippen molar-refractivity contribution in [2.75, 3.05) is 0 Å². The maximum Gasteiger partial charge on any atom is 0.151 e. The van der Waals surface area contributed by atoms with Crippen LogP contribution >= 0.6 is 22.6 Å². The third-order valence-corrected chi connectivity index (χ3v) is 4.12. The smallest absolute Gasteiger partial charge is 0.151 e. The summed E-state index contributed by atoms with van der Waals surface area (Å²) >= 11 is 2.18. The molecule has 0 N–H and O–H groups in total. The highest BCUT2D eigenvalue weighted by Gasteiger charge is 2.16. The molecule has 0 aliphatic heterocycles. The molecule has 1 aromatic rings. The zero-order valence-corrected chi connectivity index (χ0v) is 11.3. The van der Waals surface area contributed by atoms with Crippen molar-refractivity contribution < 1.29 is 9.53 Å². The second-order valence-corrected chi connectivity index (χ2v) is 5.23. The maximum atomic E-state index is 10.8. The molecule has 0 unspecified atom stereocenters. The second-order valence-electron chi connectivity index (χ2n) is 4.16. The highest BCUT2D eigenvalue weighted by Crippen LogP contribution is 2.28. The molecule has 1 aromatic carbocycles. The van der Waals surface area contributed by atoms with E-state index >= 15 is 0 Å². The largest absolute Gasteiger partial charge is 0.489 e. The molecule has 0 heterocycles. The lowest BCUT2D eigenvalue weighted by Gasteiger charge is -2.23. The van der Waals surface area contributed by atoms with Gasteiger partial charge in [-0.2, -0.15) is 0 Å². The average molecular weight is 330 g/mol. The van der Waals surface area contributed by atoms with E-state index in [1.54, 1.807) is 0 Å². The van der Waals surface area contributed by atoms with Gasteiger partial charge in [0, 0.05) is 5.56 Å². The molecule has 2 rings (SSSR count). The molecule has 1 fully saturated rings. The molecular weight excluding hydrogens is 315 g/mol. The van der Waals surface area contributed by atoms with Gasteiger partial charge in [-0.3, -0.25) is 4.79 Å². The Balaban J connectivity index is 2.11. The molecule has 0 aromatic heterocycles. The van der Waals surface area contributed by atoms with Crippen LogP contribution in [0.25, 0.3) is 0 Å². The third-order valence-electron chi connectivity index (χ3n) is 2.97. The fourth-order valence-electron chi connectivity index (χ4n) is 2.07.